The van der Waals surface area contributed by atoms with Crippen molar-refractivity contribution in [2.24, 2.45) is 5.41 Å². The number of carbonyl (C=O) groups is 2. The van der Waals surface area contributed by atoms with Crippen LogP contribution in [0.3, 0.4) is 0 Å². The Morgan fingerprint density at radius 2 is 1.72 bits per heavy atom. The third-order valence-electron chi connectivity index (χ3n) is 3.13. The van der Waals surface area contributed by atoms with Gasteiger partial charge < -0.3 is 5.11 Å². The zero-order chi connectivity index (χ0) is 13.3. The third-order valence-corrected chi connectivity index (χ3v) is 3.13. The normalized spacial score (nSPS) is 15.4. The average Bonchev–Trinajstić information content (AvgIpc) is 2.35. The maximum atomic E-state index is 12.3. The minimum absolute atomic E-state index is 0.0204. The molecule has 3 heteroatoms. The summed E-state index contributed by atoms with van der Waals surface area (Å²) in [4.78, 5) is 24.2. The molecule has 2 rings (SSSR count). The van der Waals surface area contributed by atoms with Crippen LogP contribution in [-0.2, 0) is 0 Å². The van der Waals surface area contributed by atoms with Crippen molar-refractivity contribution >= 4 is 11.6 Å². The van der Waals surface area contributed by atoms with Gasteiger partial charge in [0.1, 0.15) is 0 Å². The Kier molecular flexibility index (Phi) is 3.18. The minimum Gasteiger partial charge on any atom is -0.396 e. The number of rotatable bonds is 3. The molecule has 1 aliphatic carbocycles. The smallest absolute Gasteiger partial charge is 0.189 e. The van der Waals surface area contributed by atoms with Crippen molar-refractivity contribution in [1.29, 1.82) is 0 Å². The zero-order valence-electron chi connectivity index (χ0n) is 10.6. The van der Waals surface area contributed by atoms with Crippen molar-refractivity contribution in [3.8, 4) is 0 Å². The lowest BCUT2D eigenvalue weighted by atomic mass is 9.80. The first-order valence-electron chi connectivity index (χ1n) is 5.94. The molecule has 0 saturated heterocycles. The quantitative estimate of drug-likeness (QED) is 0.888. The second-order valence-electron chi connectivity index (χ2n) is 5.41. The van der Waals surface area contributed by atoms with Crippen molar-refractivity contribution in [2.45, 2.75) is 20.3 Å². The van der Waals surface area contributed by atoms with E-state index in [1.54, 1.807) is 24.3 Å². The van der Waals surface area contributed by atoms with E-state index in [1.165, 1.54) is 6.08 Å². The Bertz CT molecular complexity index is 538. The highest BCUT2D eigenvalue weighted by molar-refractivity contribution is 6.24. The van der Waals surface area contributed by atoms with Crippen LogP contribution < -0.4 is 0 Å². The predicted octanol–water partition coefficient (Wildman–Crippen LogP) is 2.40. The Morgan fingerprint density at radius 1 is 1.11 bits per heavy atom. The van der Waals surface area contributed by atoms with Crippen molar-refractivity contribution in [1.82, 2.24) is 0 Å². The maximum absolute atomic E-state index is 12.3. The number of hydrogen-bond acceptors (Lipinski definition) is 3. The summed E-state index contributed by atoms with van der Waals surface area (Å²) in [5.41, 5.74) is 1.02. The molecular weight excluding hydrogens is 228 g/mol. The molecule has 0 amide bonds. The summed E-state index contributed by atoms with van der Waals surface area (Å²) in [7, 11) is 0. The number of fused-ring (bicyclic) bond motifs is 1. The highest BCUT2D eigenvalue weighted by Crippen LogP contribution is 2.30. The molecule has 1 aromatic rings. The predicted molar refractivity (Wildman–Crippen MR) is 68.7 cm³/mol. The summed E-state index contributed by atoms with van der Waals surface area (Å²) in [6, 6.07) is 6.85. The van der Waals surface area contributed by atoms with E-state index in [9.17, 15) is 14.7 Å². The van der Waals surface area contributed by atoms with Gasteiger partial charge in [0, 0.05) is 23.3 Å². The molecular formula is C15H16O3. The Labute approximate surface area is 106 Å². The number of aliphatic hydroxyl groups is 1. The molecule has 0 bridgehead atoms. The van der Waals surface area contributed by atoms with Gasteiger partial charge in [-0.2, -0.15) is 0 Å². The topological polar surface area (TPSA) is 54.4 Å². The van der Waals surface area contributed by atoms with E-state index < -0.39 is 5.41 Å². The molecule has 94 valence electrons. The van der Waals surface area contributed by atoms with E-state index in [4.69, 9.17) is 0 Å². The fourth-order valence-electron chi connectivity index (χ4n) is 2.07. The molecule has 0 heterocycles. The third kappa shape index (κ3) is 2.27. The van der Waals surface area contributed by atoms with Gasteiger partial charge >= 0.3 is 0 Å². The molecule has 18 heavy (non-hydrogen) atoms. The fourth-order valence-corrected chi connectivity index (χ4v) is 2.07. The van der Waals surface area contributed by atoms with E-state index in [1.807, 2.05) is 13.8 Å². The van der Waals surface area contributed by atoms with Crippen LogP contribution in [0.15, 0.2) is 35.9 Å². The first kappa shape index (κ1) is 12.7. The highest BCUT2D eigenvalue weighted by atomic mass is 16.3. The molecule has 1 aliphatic rings. The van der Waals surface area contributed by atoms with Gasteiger partial charge in [0.2, 0.25) is 0 Å². The number of ketones is 2. The van der Waals surface area contributed by atoms with Crippen molar-refractivity contribution in [2.75, 3.05) is 6.61 Å². The van der Waals surface area contributed by atoms with Crippen molar-refractivity contribution < 1.29 is 14.7 Å². The molecule has 3 nitrogen and oxygen atoms in total. The van der Waals surface area contributed by atoms with Gasteiger partial charge in [-0.1, -0.05) is 38.1 Å². The molecule has 0 radical (unpaired) electrons. The lowest BCUT2D eigenvalue weighted by molar-refractivity contribution is 0.0964. The molecule has 0 unspecified atom stereocenters. The van der Waals surface area contributed by atoms with E-state index in [0.29, 0.717) is 23.1 Å². The zero-order valence-corrected chi connectivity index (χ0v) is 10.6. The van der Waals surface area contributed by atoms with Crippen molar-refractivity contribution in [3.63, 3.8) is 0 Å². The molecule has 1 aromatic carbocycles. The second-order valence-corrected chi connectivity index (χ2v) is 5.41. The van der Waals surface area contributed by atoms with Gasteiger partial charge in [-0.15, -0.1) is 0 Å². The molecule has 0 aliphatic heterocycles. The van der Waals surface area contributed by atoms with Gasteiger partial charge in [0.05, 0.1) is 0 Å². The summed E-state index contributed by atoms with van der Waals surface area (Å²) >= 11 is 0. The fraction of sp³-hybridized carbons (Fsp3) is 0.333. The number of benzene rings is 1. The van der Waals surface area contributed by atoms with Crippen LogP contribution in [0.2, 0.25) is 0 Å². The molecule has 0 spiro atoms. The number of hydrogen-bond donors (Lipinski definition) is 1. The van der Waals surface area contributed by atoms with E-state index >= 15 is 0 Å². The number of aliphatic hydroxyl groups excluding tert-OH is 1. The number of carbonyl (C=O) groups excluding carboxylic acids is 2. The second kappa shape index (κ2) is 4.50. The molecule has 1 N–H and O–H groups in total. The van der Waals surface area contributed by atoms with Crippen LogP contribution in [0.5, 0.6) is 0 Å². The van der Waals surface area contributed by atoms with E-state index in [2.05, 4.69) is 0 Å². The lowest BCUT2D eigenvalue weighted by Gasteiger charge is -2.24. The Balaban J connectivity index is 2.37. The SMILES string of the molecule is CC(C)(CO)CC1=CC(=O)c2ccccc2C1=O. The minimum atomic E-state index is -0.395. The van der Waals surface area contributed by atoms with Gasteiger partial charge in [0.25, 0.3) is 0 Å². The number of allylic oxidation sites excluding steroid dienone is 2. The molecule has 0 saturated carbocycles. The van der Waals surface area contributed by atoms with Gasteiger partial charge in [-0.25, -0.2) is 0 Å². The maximum Gasteiger partial charge on any atom is 0.189 e. The van der Waals surface area contributed by atoms with Crippen LogP contribution in [0.25, 0.3) is 0 Å². The van der Waals surface area contributed by atoms with Crippen LogP contribution in [0.1, 0.15) is 41.0 Å². The largest absolute Gasteiger partial charge is 0.396 e. The highest BCUT2D eigenvalue weighted by Gasteiger charge is 2.29. The van der Waals surface area contributed by atoms with Gasteiger partial charge in [-0.3, -0.25) is 9.59 Å². The van der Waals surface area contributed by atoms with E-state index in [0.717, 1.165) is 0 Å². The molecule has 0 atom stereocenters. The van der Waals surface area contributed by atoms with Crippen LogP contribution in [0, 0.1) is 5.41 Å². The first-order valence-corrected chi connectivity index (χ1v) is 5.94. The Hall–Kier alpha value is -1.74. The molecule has 0 fully saturated rings. The standard InChI is InChI=1S/C15H16O3/c1-15(2,9-16)8-10-7-13(17)11-5-3-4-6-12(11)14(10)18/h3-7,16H,8-9H2,1-2H3. The Morgan fingerprint density at radius 3 is 2.33 bits per heavy atom. The summed E-state index contributed by atoms with van der Waals surface area (Å²) in [5, 5.41) is 9.25. The van der Waals surface area contributed by atoms with Crippen LogP contribution in [0.4, 0.5) is 0 Å². The molecule has 0 aromatic heterocycles. The van der Waals surface area contributed by atoms with Crippen molar-refractivity contribution in [3.05, 3.63) is 47.0 Å². The van der Waals surface area contributed by atoms with Crippen LogP contribution >= 0.6 is 0 Å². The summed E-state index contributed by atoms with van der Waals surface area (Å²) in [5.74, 6) is -0.235. The summed E-state index contributed by atoms with van der Waals surface area (Å²) in [6.07, 6.45) is 1.81. The summed E-state index contributed by atoms with van der Waals surface area (Å²) in [6.45, 7) is 3.71. The lowest BCUT2D eigenvalue weighted by Crippen LogP contribution is -2.24. The monoisotopic (exact) mass is 244 g/mol. The average molecular weight is 244 g/mol. The number of Topliss-reactive ketones (excluding diaryl/α,β-unsaturated/α-hetero) is 1. The summed E-state index contributed by atoms with van der Waals surface area (Å²) < 4.78 is 0. The first-order chi connectivity index (χ1) is 8.44. The van der Waals surface area contributed by atoms with Gasteiger partial charge in [-0.05, 0) is 17.9 Å². The van der Waals surface area contributed by atoms with Gasteiger partial charge in [0.15, 0.2) is 11.6 Å². The van der Waals surface area contributed by atoms with Crippen LogP contribution in [-0.4, -0.2) is 23.3 Å². The van der Waals surface area contributed by atoms with E-state index in [-0.39, 0.29) is 18.2 Å².